The molecule has 0 bridgehead atoms. The molecule has 0 amide bonds. The molecule has 0 spiro atoms. The number of benzene rings is 1. The van der Waals surface area contributed by atoms with E-state index in [9.17, 15) is 32.6 Å². The second kappa shape index (κ2) is 12.5. The average molecular weight is 502 g/mol. The molecule has 0 aliphatic heterocycles. The number of carboxylic acid groups (broad SMARTS) is 1. The van der Waals surface area contributed by atoms with Gasteiger partial charge in [0, 0.05) is 37.0 Å². The molecule has 2 rings (SSSR count). The predicted molar refractivity (Wildman–Crippen MR) is 119 cm³/mol. The zero-order chi connectivity index (χ0) is 24.9. The van der Waals surface area contributed by atoms with Crippen molar-refractivity contribution < 1.29 is 62.2 Å². The van der Waals surface area contributed by atoms with Crippen LogP contribution in [0.1, 0.15) is 43.9 Å². The van der Waals surface area contributed by atoms with Crippen LogP contribution in [0.25, 0.3) is 17.3 Å². The number of carboxylic acids is 1. The molecule has 0 aliphatic carbocycles. The van der Waals surface area contributed by atoms with Crippen LogP contribution < -0.4 is 39.0 Å². The number of aromatic nitrogens is 2. The molecule has 34 heavy (non-hydrogen) atoms. The van der Waals surface area contributed by atoms with Crippen LogP contribution in [0.3, 0.4) is 0 Å². The van der Waals surface area contributed by atoms with Crippen LogP contribution in [0.15, 0.2) is 30.3 Å². The Morgan fingerprint density at radius 3 is 2.29 bits per heavy atom. The molecular formula is C22H25FN3NaO6S. The van der Waals surface area contributed by atoms with E-state index in [4.69, 9.17) is 0 Å². The molecule has 0 fully saturated rings. The summed E-state index contributed by atoms with van der Waals surface area (Å²) in [6.07, 6.45) is 1.27. The van der Waals surface area contributed by atoms with Crippen LogP contribution in [0.5, 0.6) is 0 Å². The number of aliphatic hydroxyl groups excluding tert-OH is 1. The molecule has 1 atom stereocenters. The Bertz CT molecular complexity index is 1170. The number of hydrogen-bond acceptors (Lipinski definition) is 8. The van der Waals surface area contributed by atoms with E-state index >= 15 is 0 Å². The maximum absolute atomic E-state index is 13.5. The zero-order valence-corrected chi connectivity index (χ0v) is 22.5. The summed E-state index contributed by atoms with van der Waals surface area (Å²) in [6, 6.07) is 5.41. The molecule has 9 nitrogen and oxygen atoms in total. The molecule has 178 valence electrons. The van der Waals surface area contributed by atoms with E-state index in [0.717, 1.165) is 10.6 Å². The van der Waals surface area contributed by atoms with Crippen molar-refractivity contribution in [1.82, 2.24) is 9.97 Å². The monoisotopic (exact) mass is 501 g/mol. The molecule has 0 radical (unpaired) electrons. The number of nitrogens with zero attached hydrogens (tertiary/aromatic N) is 3. The molecule has 2 aromatic rings. The summed E-state index contributed by atoms with van der Waals surface area (Å²) in [5.74, 6) is -2.98. The Morgan fingerprint density at radius 2 is 1.79 bits per heavy atom. The summed E-state index contributed by atoms with van der Waals surface area (Å²) in [5.41, 5.74) is 1.67. The maximum Gasteiger partial charge on any atom is 1.00 e. The standard InChI is InChI=1S/C22H26FN3O6S.Na/c1-13(2)20-18(10-9-16(27)11-17(28)12-19(29)30)21(14-5-7-15(23)8-6-14)25-22(24-20)26(3)33(4,31)32;/h5-10,13,16,27H,11-12H2,1-4H3,(H,29,30);/q;+1/p-1/b10-9+;. The summed E-state index contributed by atoms with van der Waals surface area (Å²) < 4.78 is 38.5. The molecule has 12 heteroatoms. The van der Waals surface area contributed by atoms with E-state index in [0.29, 0.717) is 22.5 Å². The first-order valence-electron chi connectivity index (χ1n) is 9.99. The van der Waals surface area contributed by atoms with Gasteiger partial charge >= 0.3 is 29.6 Å². The normalized spacial score (nSPS) is 12.4. The minimum atomic E-state index is -3.67. The van der Waals surface area contributed by atoms with Crippen LogP contribution in [0.2, 0.25) is 0 Å². The number of carbonyl (C=O) groups is 2. The number of aliphatic carboxylic acids is 1. The van der Waals surface area contributed by atoms with Gasteiger partial charge in [0.05, 0.1) is 23.7 Å². The molecule has 1 heterocycles. The van der Waals surface area contributed by atoms with E-state index in [2.05, 4.69) is 9.97 Å². The van der Waals surface area contributed by atoms with Crippen molar-refractivity contribution in [3.05, 3.63) is 47.4 Å². The van der Waals surface area contributed by atoms with Gasteiger partial charge in [-0.25, -0.2) is 27.1 Å². The average Bonchev–Trinajstić information content (AvgIpc) is 2.70. The molecule has 0 aliphatic rings. The third kappa shape index (κ3) is 8.24. The number of rotatable bonds is 10. The Kier molecular flexibility index (Phi) is 11.0. The van der Waals surface area contributed by atoms with E-state index < -0.39 is 46.5 Å². The van der Waals surface area contributed by atoms with Crippen LogP contribution in [-0.4, -0.2) is 54.7 Å². The van der Waals surface area contributed by atoms with Gasteiger partial charge in [-0.2, -0.15) is 0 Å². The number of halogens is 1. The zero-order valence-electron chi connectivity index (χ0n) is 19.6. The molecule has 1 aromatic carbocycles. The fraction of sp³-hybridized carbons (Fsp3) is 0.364. The Balaban J connectivity index is 0.00000578. The predicted octanol–water partition coefficient (Wildman–Crippen LogP) is -1.72. The van der Waals surface area contributed by atoms with E-state index in [-0.39, 0.29) is 41.4 Å². The quantitative estimate of drug-likeness (QED) is 0.300. The van der Waals surface area contributed by atoms with Gasteiger partial charge in [-0.1, -0.05) is 26.0 Å². The number of Topliss-reactive ketones (excluding diaryl/α,β-unsaturated/α-hetero) is 1. The largest absolute Gasteiger partial charge is 1.00 e. The molecule has 1 N–H and O–H groups in total. The number of hydrogen-bond donors (Lipinski definition) is 1. The van der Waals surface area contributed by atoms with E-state index in [1.165, 1.54) is 43.5 Å². The summed E-state index contributed by atoms with van der Waals surface area (Å²) >= 11 is 0. The number of carbonyl (C=O) groups excluding carboxylic acids is 2. The fourth-order valence-corrected chi connectivity index (χ4v) is 3.32. The van der Waals surface area contributed by atoms with Gasteiger partial charge in [-0.15, -0.1) is 0 Å². The fourth-order valence-electron chi connectivity index (χ4n) is 2.94. The minimum Gasteiger partial charge on any atom is -0.550 e. The molecule has 0 saturated carbocycles. The SMILES string of the molecule is CC(C)c1nc(N(C)S(C)(=O)=O)nc(-c2ccc(F)cc2)c1/C=C/C(O)CC(=O)CC(=O)[O-].[Na+]. The van der Waals surface area contributed by atoms with E-state index in [1.54, 1.807) is 0 Å². The third-order valence-electron chi connectivity index (χ3n) is 4.67. The first-order chi connectivity index (χ1) is 15.3. The minimum absolute atomic E-state index is 0. The summed E-state index contributed by atoms with van der Waals surface area (Å²) in [6.45, 7) is 3.66. The van der Waals surface area contributed by atoms with Crippen LogP contribution in [0, 0.1) is 5.82 Å². The second-order valence-corrected chi connectivity index (χ2v) is 9.80. The summed E-state index contributed by atoms with van der Waals surface area (Å²) in [7, 11) is -2.36. The Hall–Kier alpha value is -2.18. The maximum atomic E-state index is 13.5. The number of sulfonamides is 1. The van der Waals surface area contributed by atoms with Crippen LogP contribution in [0.4, 0.5) is 10.3 Å². The van der Waals surface area contributed by atoms with Gasteiger partial charge < -0.3 is 15.0 Å². The number of aliphatic hydroxyl groups is 1. The number of ketones is 1. The Morgan fingerprint density at radius 1 is 1.21 bits per heavy atom. The number of anilines is 1. The van der Waals surface area contributed by atoms with Gasteiger partial charge in [0.25, 0.3) is 0 Å². The van der Waals surface area contributed by atoms with Gasteiger partial charge in [0.1, 0.15) is 11.6 Å². The van der Waals surface area contributed by atoms with Gasteiger partial charge in [-0.3, -0.25) is 4.79 Å². The summed E-state index contributed by atoms with van der Waals surface area (Å²) in [4.78, 5) is 31.0. The smallest absolute Gasteiger partial charge is 0.550 e. The van der Waals surface area contributed by atoms with Crippen LogP contribution in [-0.2, 0) is 19.6 Å². The van der Waals surface area contributed by atoms with Gasteiger partial charge in [0.15, 0.2) is 0 Å². The molecule has 1 aromatic heterocycles. The molecule has 1 unspecified atom stereocenters. The van der Waals surface area contributed by atoms with Gasteiger partial charge in [-0.05, 0) is 30.2 Å². The summed E-state index contributed by atoms with van der Waals surface area (Å²) in [5, 5.41) is 20.7. The molecule has 0 saturated heterocycles. The van der Waals surface area contributed by atoms with Crippen molar-refractivity contribution >= 4 is 33.8 Å². The topological polar surface area (TPSA) is 141 Å². The van der Waals surface area contributed by atoms with Gasteiger partial charge in [0.2, 0.25) is 16.0 Å². The Labute approximate surface area is 220 Å². The second-order valence-electron chi connectivity index (χ2n) is 7.78. The first kappa shape index (κ1) is 29.9. The van der Waals surface area contributed by atoms with Crippen molar-refractivity contribution in [2.75, 3.05) is 17.6 Å². The first-order valence-corrected chi connectivity index (χ1v) is 11.8. The van der Waals surface area contributed by atoms with Crippen molar-refractivity contribution in [2.24, 2.45) is 0 Å². The molecular weight excluding hydrogens is 476 g/mol. The van der Waals surface area contributed by atoms with Crippen molar-refractivity contribution in [2.45, 2.75) is 38.7 Å². The van der Waals surface area contributed by atoms with Crippen molar-refractivity contribution in [3.8, 4) is 11.3 Å². The van der Waals surface area contributed by atoms with E-state index in [1.807, 2.05) is 13.8 Å². The van der Waals surface area contributed by atoms with Crippen molar-refractivity contribution in [3.63, 3.8) is 0 Å². The van der Waals surface area contributed by atoms with Crippen molar-refractivity contribution in [1.29, 1.82) is 0 Å². The third-order valence-corrected chi connectivity index (χ3v) is 5.83. The van der Waals surface area contributed by atoms with Crippen LogP contribution >= 0.6 is 0 Å².